The third-order valence-corrected chi connectivity index (χ3v) is 2.26. The van der Waals surface area contributed by atoms with Gasteiger partial charge in [-0.05, 0) is 13.8 Å². The van der Waals surface area contributed by atoms with E-state index in [-0.39, 0.29) is 11.9 Å². The molecule has 0 spiro atoms. The smallest absolute Gasteiger partial charge is 0.227 e. The van der Waals surface area contributed by atoms with Gasteiger partial charge >= 0.3 is 0 Å². The van der Waals surface area contributed by atoms with Gasteiger partial charge in [-0.1, -0.05) is 5.16 Å². The Kier molecular flexibility index (Phi) is 3.17. The van der Waals surface area contributed by atoms with E-state index in [2.05, 4.69) is 20.6 Å². The van der Waals surface area contributed by atoms with Crippen LogP contribution in [-0.2, 0) is 4.79 Å². The monoisotopic (exact) mass is 235 g/mol. The Bertz CT molecular complexity index is 491. The second-order valence-electron chi connectivity index (χ2n) is 3.80. The number of rotatable bonds is 4. The van der Waals surface area contributed by atoms with E-state index >= 15 is 0 Å². The molecule has 7 nitrogen and oxygen atoms in total. The molecule has 0 aliphatic rings. The molecule has 2 heterocycles. The molecule has 0 saturated heterocycles. The molecule has 1 amide bonds. The summed E-state index contributed by atoms with van der Waals surface area (Å²) in [7, 11) is 0. The molecular weight excluding hydrogens is 222 g/mol. The lowest BCUT2D eigenvalue weighted by Crippen LogP contribution is -2.18. The van der Waals surface area contributed by atoms with Crippen LogP contribution in [0.5, 0.6) is 0 Å². The minimum Gasteiger partial charge on any atom is -0.360 e. The van der Waals surface area contributed by atoms with Gasteiger partial charge in [-0.2, -0.15) is 5.10 Å². The van der Waals surface area contributed by atoms with Crippen LogP contribution >= 0.6 is 0 Å². The Hall–Kier alpha value is -2.18. The number of hydrogen-bond donors (Lipinski definition) is 1. The molecule has 2 aromatic heterocycles. The van der Waals surface area contributed by atoms with Gasteiger partial charge in [0, 0.05) is 12.5 Å². The second kappa shape index (κ2) is 4.77. The van der Waals surface area contributed by atoms with Crippen molar-refractivity contribution in [2.45, 2.75) is 26.3 Å². The quantitative estimate of drug-likeness (QED) is 0.859. The number of nitrogens with one attached hydrogen (secondary N) is 1. The van der Waals surface area contributed by atoms with E-state index in [1.54, 1.807) is 24.0 Å². The highest BCUT2D eigenvalue weighted by atomic mass is 16.5. The molecule has 17 heavy (non-hydrogen) atoms. The number of amides is 1. The predicted molar refractivity (Wildman–Crippen MR) is 59.2 cm³/mol. The van der Waals surface area contributed by atoms with Crippen molar-refractivity contribution >= 4 is 11.7 Å². The Morgan fingerprint density at radius 3 is 3.06 bits per heavy atom. The number of aryl methyl sites for hydroxylation is 1. The first kappa shape index (κ1) is 11.3. The van der Waals surface area contributed by atoms with Crippen molar-refractivity contribution in [3.8, 4) is 0 Å². The molecule has 0 radical (unpaired) electrons. The van der Waals surface area contributed by atoms with Crippen molar-refractivity contribution in [2.75, 3.05) is 5.32 Å². The van der Waals surface area contributed by atoms with E-state index in [0.29, 0.717) is 18.0 Å². The summed E-state index contributed by atoms with van der Waals surface area (Å²) in [5.41, 5.74) is 0. The zero-order valence-corrected chi connectivity index (χ0v) is 9.62. The molecular formula is C10H13N5O2. The van der Waals surface area contributed by atoms with Gasteiger partial charge in [0.2, 0.25) is 5.91 Å². The third-order valence-electron chi connectivity index (χ3n) is 2.26. The summed E-state index contributed by atoms with van der Waals surface area (Å²) in [4.78, 5) is 15.5. The summed E-state index contributed by atoms with van der Waals surface area (Å²) >= 11 is 0. The summed E-state index contributed by atoms with van der Waals surface area (Å²) in [6, 6.07) is 1.61. The van der Waals surface area contributed by atoms with E-state index in [4.69, 9.17) is 4.52 Å². The zero-order valence-electron chi connectivity index (χ0n) is 9.62. The maximum atomic E-state index is 11.7. The van der Waals surface area contributed by atoms with Gasteiger partial charge in [-0.25, -0.2) is 9.67 Å². The van der Waals surface area contributed by atoms with Gasteiger partial charge in [-0.3, -0.25) is 4.79 Å². The number of anilines is 1. The molecule has 0 aliphatic heterocycles. The van der Waals surface area contributed by atoms with E-state index in [1.807, 2.05) is 6.92 Å². The van der Waals surface area contributed by atoms with Gasteiger partial charge in [0.15, 0.2) is 5.82 Å². The number of carbonyl (C=O) groups is 1. The predicted octanol–water partition coefficient (Wildman–Crippen LogP) is 1.16. The molecule has 7 heteroatoms. The zero-order chi connectivity index (χ0) is 12.3. The van der Waals surface area contributed by atoms with Crippen LogP contribution in [0.2, 0.25) is 0 Å². The fourth-order valence-corrected chi connectivity index (χ4v) is 1.43. The number of aromatic nitrogens is 4. The summed E-state index contributed by atoms with van der Waals surface area (Å²) in [6.07, 6.45) is 3.32. The van der Waals surface area contributed by atoms with Gasteiger partial charge in [0.1, 0.15) is 18.4 Å². The van der Waals surface area contributed by atoms with E-state index in [0.717, 1.165) is 0 Å². The highest BCUT2D eigenvalue weighted by Crippen LogP contribution is 2.11. The van der Waals surface area contributed by atoms with Gasteiger partial charge in [-0.15, -0.1) is 0 Å². The molecule has 0 bridgehead atoms. The average molecular weight is 235 g/mol. The Morgan fingerprint density at radius 1 is 1.65 bits per heavy atom. The van der Waals surface area contributed by atoms with Crippen molar-refractivity contribution in [1.82, 2.24) is 19.9 Å². The second-order valence-corrected chi connectivity index (χ2v) is 3.80. The van der Waals surface area contributed by atoms with Crippen molar-refractivity contribution in [3.63, 3.8) is 0 Å². The maximum absolute atomic E-state index is 11.7. The SMILES string of the molecule is Cc1cc(NC(=O)C[C@H](C)n2cncn2)no1. The molecule has 0 saturated carbocycles. The molecule has 1 N–H and O–H groups in total. The number of nitrogens with zero attached hydrogens (tertiary/aromatic N) is 4. The van der Waals surface area contributed by atoms with Crippen molar-refractivity contribution in [2.24, 2.45) is 0 Å². The molecule has 1 atom stereocenters. The fourth-order valence-electron chi connectivity index (χ4n) is 1.43. The Labute approximate surface area is 97.8 Å². The molecule has 90 valence electrons. The van der Waals surface area contributed by atoms with Gasteiger partial charge < -0.3 is 9.84 Å². The van der Waals surface area contributed by atoms with Crippen LogP contribution in [0.1, 0.15) is 25.1 Å². The maximum Gasteiger partial charge on any atom is 0.227 e. The van der Waals surface area contributed by atoms with Gasteiger partial charge in [0.05, 0.1) is 6.04 Å². The fraction of sp³-hybridized carbons (Fsp3) is 0.400. The minimum atomic E-state index is -0.138. The number of hydrogen-bond acceptors (Lipinski definition) is 5. The van der Waals surface area contributed by atoms with Crippen LogP contribution in [0, 0.1) is 6.92 Å². The van der Waals surface area contributed by atoms with E-state index < -0.39 is 0 Å². The molecule has 2 aromatic rings. The summed E-state index contributed by atoms with van der Waals surface area (Å²) < 4.78 is 6.48. The summed E-state index contributed by atoms with van der Waals surface area (Å²) in [5, 5.41) is 10.3. The van der Waals surface area contributed by atoms with Crippen molar-refractivity contribution in [3.05, 3.63) is 24.5 Å². The van der Waals surface area contributed by atoms with Crippen LogP contribution in [0.25, 0.3) is 0 Å². The van der Waals surface area contributed by atoms with Crippen LogP contribution in [0.15, 0.2) is 23.2 Å². The lowest BCUT2D eigenvalue weighted by molar-refractivity contribution is -0.116. The first-order chi connectivity index (χ1) is 8.15. The molecule has 2 rings (SSSR count). The standard InChI is InChI=1S/C10H13N5O2/c1-7(15-6-11-5-12-15)3-10(16)13-9-4-8(2)17-14-9/h4-7H,3H2,1-2H3,(H,13,14,16)/t7-/m0/s1. The lowest BCUT2D eigenvalue weighted by Gasteiger charge is -2.09. The minimum absolute atomic E-state index is 0.0505. The molecule has 0 unspecified atom stereocenters. The molecule has 0 fully saturated rings. The molecule has 0 aliphatic carbocycles. The highest BCUT2D eigenvalue weighted by Gasteiger charge is 2.12. The van der Waals surface area contributed by atoms with E-state index in [9.17, 15) is 4.79 Å². The largest absolute Gasteiger partial charge is 0.360 e. The van der Waals surface area contributed by atoms with Crippen LogP contribution in [0.4, 0.5) is 5.82 Å². The summed E-state index contributed by atoms with van der Waals surface area (Å²) in [5.74, 6) is 0.948. The third kappa shape index (κ3) is 2.90. The Morgan fingerprint density at radius 2 is 2.47 bits per heavy atom. The lowest BCUT2D eigenvalue weighted by atomic mass is 10.2. The van der Waals surface area contributed by atoms with Crippen molar-refractivity contribution < 1.29 is 9.32 Å². The van der Waals surface area contributed by atoms with Gasteiger partial charge in [0.25, 0.3) is 0 Å². The van der Waals surface area contributed by atoms with Crippen molar-refractivity contribution in [1.29, 1.82) is 0 Å². The summed E-state index contributed by atoms with van der Waals surface area (Å²) in [6.45, 7) is 3.66. The van der Waals surface area contributed by atoms with Crippen LogP contribution in [0.3, 0.4) is 0 Å². The first-order valence-electron chi connectivity index (χ1n) is 5.22. The van der Waals surface area contributed by atoms with E-state index in [1.165, 1.54) is 6.33 Å². The number of carbonyl (C=O) groups excluding carboxylic acids is 1. The highest BCUT2D eigenvalue weighted by molar-refractivity contribution is 5.89. The average Bonchev–Trinajstić information content (AvgIpc) is 2.89. The molecule has 0 aromatic carbocycles. The van der Waals surface area contributed by atoms with Crippen LogP contribution < -0.4 is 5.32 Å². The normalized spacial score (nSPS) is 12.4. The first-order valence-corrected chi connectivity index (χ1v) is 5.22. The topological polar surface area (TPSA) is 85.8 Å². The van der Waals surface area contributed by atoms with Crippen LogP contribution in [-0.4, -0.2) is 25.8 Å². The Balaban J connectivity index is 1.89.